The number of hydrogen-bond donors (Lipinski definition) is 1. The van der Waals surface area contributed by atoms with Crippen molar-refractivity contribution in [2.75, 3.05) is 0 Å². The molecule has 0 unspecified atom stereocenters. The summed E-state index contributed by atoms with van der Waals surface area (Å²) in [6, 6.07) is 3.79. The molecular weight excluding hydrogens is 257 g/mol. The number of benzene rings is 1. The van der Waals surface area contributed by atoms with Gasteiger partial charge in [0.1, 0.15) is 17.2 Å². The molecule has 4 nitrogen and oxygen atoms in total. The summed E-state index contributed by atoms with van der Waals surface area (Å²) in [5.41, 5.74) is 0.661. The van der Waals surface area contributed by atoms with Crippen molar-refractivity contribution < 1.29 is 19.0 Å². The lowest BCUT2D eigenvalue weighted by Gasteiger charge is -2.08. The molecule has 1 N–H and O–H groups in total. The first kappa shape index (κ1) is 12.5. The molecule has 0 aliphatic carbocycles. The summed E-state index contributed by atoms with van der Waals surface area (Å²) in [5.74, 6) is -2.17. The lowest BCUT2D eigenvalue weighted by molar-refractivity contribution is 0.0690. The van der Waals surface area contributed by atoms with Crippen molar-refractivity contribution in [2.45, 2.75) is 13.5 Å². The Morgan fingerprint density at radius 3 is 2.94 bits per heavy atom. The van der Waals surface area contributed by atoms with E-state index in [9.17, 15) is 9.18 Å². The Balaban J connectivity index is 2.20. The van der Waals surface area contributed by atoms with Crippen LogP contribution in [0.15, 0.2) is 23.6 Å². The van der Waals surface area contributed by atoms with E-state index < -0.39 is 11.8 Å². The van der Waals surface area contributed by atoms with Gasteiger partial charge in [0.05, 0.1) is 0 Å². The zero-order chi connectivity index (χ0) is 13.1. The average molecular weight is 267 g/mol. The standard InChI is InChI=1S/C12H10FNO3S/c1-7-6-18-10(14-7)5-17-11-8(12(15)16)3-2-4-9(11)13/h2-4,6H,5H2,1H3,(H,15,16). The molecule has 18 heavy (non-hydrogen) atoms. The fraction of sp³-hybridized carbons (Fsp3) is 0.167. The largest absolute Gasteiger partial charge is 0.482 e. The highest BCUT2D eigenvalue weighted by Gasteiger charge is 2.16. The maximum Gasteiger partial charge on any atom is 0.339 e. The minimum absolute atomic E-state index is 0.0553. The first-order chi connectivity index (χ1) is 8.58. The Kier molecular flexibility index (Phi) is 3.57. The molecule has 94 valence electrons. The van der Waals surface area contributed by atoms with E-state index in [1.165, 1.54) is 23.5 Å². The molecule has 0 amide bonds. The van der Waals surface area contributed by atoms with Crippen molar-refractivity contribution in [3.05, 3.63) is 45.7 Å². The predicted molar refractivity (Wildman–Crippen MR) is 64.5 cm³/mol. The van der Waals surface area contributed by atoms with Crippen molar-refractivity contribution in [3.63, 3.8) is 0 Å². The number of carboxylic acids is 1. The Morgan fingerprint density at radius 1 is 1.56 bits per heavy atom. The number of nitrogens with zero attached hydrogens (tertiary/aromatic N) is 1. The van der Waals surface area contributed by atoms with Crippen LogP contribution in [0.3, 0.4) is 0 Å². The fourth-order valence-corrected chi connectivity index (χ4v) is 2.11. The van der Waals surface area contributed by atoms with Crippen molar-refractivity contribution >= 4 is 17.3 Å². The average Bonchev–Trinajstić information content (AvgIpc) is 2.73. The van der Waals surface area contributed by atoms with Crippen LogP contribution >= 0.6 is 11.3 Å². The first-order valence-corrected chi connectivity index (χ1v) is 6.01. The van der Waals surface area contributed by atoms with Gasteiger partial charge in [-0.3, -0.25) is 0 Å². The Morgan fingerprint density at radius 2 is 2.33 bits per heavy atom. The van der Waals surface area contributed by atoms with E-state index in [4.69, 9.17) is 9.84 Å². The summed E-state index contributed by atoms with van der Waals surface area (Å²) in [5, 5.41) is 11.5. The second-order valence-electron chi connectivity index (χ2n) is 3.59. The van der Waals surface area contributed by atoms with Gasteiger partial charge in [0.15, 0.2) is 11.6 Å². The molecule has 0 saturated carbocycles. The normalized spacial score (nSPS) is 10.3. The maximum absolute atomic E-state index is 13.5. The number of aromatic nitrogens is 1. The van der Waals surface area contributed by atoms with Crippen LogP contribution in [-0.4, -0.2) is 16.1 Å². The molecule has 0 saturated heterocycles. The van der Waals surface area contributed by atoms with Crippen LogP contribution < -0.4 is 4.74 Å². The van der Waals surface area contributed by atoms with E-state index in [0.717, 1.165) is 11.8 Å². The van der Waals surface area contributed by atoms with Crippen LogP contribution in [0.4, 0.5) is 4.39 Å². The number of aromatic carboxylic acids is 1. The number of rotatable bonds is 4. The summed E-state index contributed by atoms with van der Waals surface area (Å²) >= 11 is 1.38. The van der Waals surface area contributed by atoms with Gasteiger partial charge in [-0.15, -0.1) is 11.3 Å². The smallest absolute Gasteiger partial charge is 0.339 e. The van der Waals surface area contributed by atoms with Gasteiger partial charge in [-0.1, -0.05) is 6.07 Å². The number of thiazole rings is 1. The second-order valence-corrected chi connectivity index (χ2v) is 4.54. The molecule has 1 aromatic heterocycles. The van der Waals surface area contributed by atoms with Crippen LogP contribution in [-0.2, 0) is 6.61 Å². The van der Waals surface area contributed by atoms with Crippen molar-refractivity contribution in [1.29, 1.82) is 0 Å². The first-order valence-electron chi connectivity index (χ1n) is 5.13. The Bertz CT molecular complexity index is 582. The van der Waals surface area contributed by atoms with E-state index in [1.54, 1.807) is 0 Å². The van der Waals surface area contributed by atoms with Gasteiger partial charge < -0.3 is 9.84 Å². The lowest BCUT2D eigenvalue weighted by Crippen LogP contribution is -2.05. The molecule has 2 aromatic rings. The van der Waals surface area contributed by atoms with E-state index in [0.29, 0.717) is 5.01 Å². The maximum atomic E-state index is 13.5. The zero-order valence-corrected chi connectivity index (χ0v) is 10.3. The molecule has 0 radical (unpaired) electrons. The molecule has 0 aliphatic rings. The number of carbonyl (C=O) groups is 1. The molecule has 0 aliphatic heterocycles. The number of halogens is 1. The molecule has 0 fully saturated rings. The van der Waals surface area contributed by atoms with E-state index in [-0.39, 0.29) is 17.9 Å². The van der Waals surface area contributed by atoms with E-state index in [1.807, 2.05) is 12.3 Å². The highest BCUT2D eigenvalue weighted by atomic mass is 32.1. The summed E-state index contributed by atoms with van der Waals surface area (Å²) in [4.78, 5) is 15.1. The molecule has 0 bridgehead atoms. The molecule has 1 heterocycles. The van der Waals surface area contributed by atoms with Gasteiger partial charge in [0.2, 0.25) is 0 Å². The quantitative estimate of drug-likeness (QED) is 0.925. The van der Waals surface area contributed by atoms with Crippen molar-refractivity contribution in [3.8, 4) is 5.75 Å². The number of para-hydroxylation sites is 1. The van der Waals surface area contributed by atoms with Crippen LogP contribution in [0.5, 0.6) is 5.75 Å². The second kappa shape index (κ2) is 5.14. The van der Waals surface area contributed by atoms with E-state index >= 15 is 0 Å². The van der Waals surface area contributed by atoms with Crippen LogP contribution in [0.2, 0.25) is 0 Å². The Hall–Kier alpha value is -1.95. The molecular formula is C12H10FNO3S. The summed E-state index contributed by atoms with van der Waals surface area (Å²) in [7, 11) is 0. The lowest BCUT2D eigenvalue weighted by atomic mass is 10.2. The van der Waals surface area contributed by atoms with Gasteiger partial charge >= 0.3 is 5.97 Å². The third-order valence-corrected chi connectivity index (χ3v) is 3.14. The summed E-state index contributed by atoms with van der Waals surface area (Å²) in [6.07, 6.45) is 0. The van der Waals surface area contributed by atoms with E-state index in [2.05, 4.69) is 4.98 Å². The minimum Gasteiger partial charge on any atom is -0.482 e. The number of ether oxygens (including phenoxy) is 1. The van der Waals surface area contributed by atoms with Crippen molar-refractivity contribution in [2.24, 2.45) is 0 Å². The molecule has 0 spiro atoms. The van der Waals surface area contributed by atoms with Gasteiger partial charge in [0, 0.05) is 11.1 Å². The van der Waals surface area contributed by atoms with Gasteiger partial charge in [-0.05, 0) is 19.1 Å². The van der Waals surface area contributed by atoms with Gasteiger partial charge in [0.25, 0.3) is 0 Å². The van der Waals surface area contributed by atoms with Crippen LogP contribution in [0.1, 0.15) is 21.1 Å². The molecule has 1 aromatic carbocycles. The summed E-state index contributed by atoms with van der Waals surface area (Å²) < 4.78 is 18.7. The number of aryl methyl sites for hydroxylation is 1. The monoisotopic (exact) mass is 267 g/mol. The van der Waals surface area contributed by atoms with Crippen LogP contribution in [0, 0.1) is 12.7 Å². The summed E-state index contributed by atoms with van der Waals surface area (Å²) in [6.45, 7) is 1.89. The molecule has 0 atom stereocenters. The SMILES string of the molecule is Cc1csc(COc2c(F)cccc2C(=O)O)n1. The fourth-order valence-electron chi connectivity index (χ4n) is 1.43. The predicted octanol–water partition coefficient (Wildman–Crippen LogP) is 2.87. The molecule has 6 heteroatoms. The topological polar surface area (TPSA) is 59.4 Å². The number of carboxylic acid groups (broad SMARTS) is 1. The van der Waals surface area contributed by atoms with Gasteiger partial charge in [-0.2, -0.15) is 0 Å². The molecule has 2 rings (SSSR count). The highest BCUT2D eigenvalue weighted by Crippen LogP contribution is 2.24. The highest BCUT2D eigenvalue weighted by molar-refractivity contribution is 7.09. The third-order valence-electron chi connectivity index (χ3n) is 2.20. The zero-order valence-electron chi connectivity index (χ0n) is 9.51. The minimum atomic E-state index is -1.22. The Labute approximate surface area is 107 Å². The van der Waals surface area contributed by atoms with Crippen LogP contribution in [0.25, 0.3) is 0 Å². The third kappa shape index (κ3) is 2.65. The van der Waals surface area contributed by atoms with Gasteiger partial charge in [-0.25, -0.2) is 14.2 Å². The van der Waals surface area contributed by atoms with Crippen molar-refractivity contribution in [1.82, 2.24) is 4.98 Å². The number of hydrogen-bond acceptors (Lipinski definition) is 4.